The first kappa shape index (κ1) is 10.5. The highest BCUT2D eigenvalue weighted by Crippen LogP contribution is 2.24. The summed E-state index contributed by atoms with van der Waals surface area (Å²) >= 11 is 5.45. The predicted molar refractivity (Wildman–Crippen MR) is 44.3 cm³/mol. The first-order chi connectivity index (χ1) is 6.60. The molecule has 0 amide bonds. The van der Waals surface area contributed by atoms with Crippen molar-refractivity contribution in [1.29, 1.82) is 5.26 Å². The molecule has 0 saturated heterocycles. The number of aromatic nitrogens is 1. The van der Waals surface area contributed by atoms with Gasteiger partial charge in [-0.15, -0.1) is 0 Å². The lowest BCUT2D eigenvalue weighted by molar-refractivity contribution is 0.112. The minimum absolute atomic E-state index is 0.152. The van der Waals surface area contributed by atoms with Gasteiger partial charge in [-0.3, -0.25) is 4.79 Å². The first-order valence-electron chi connectivity index (χ1n) is 3.44. The second kappa shape index (κ2) is 4.11. The van der Waals surface area contributed by atoms with Gasteiger partial charge in [-0.2, -0.15) is 5.26 Å². The van der Waals surface area contributed by atoms with Crippen molar-refractivity contribution in [3.8, 4) is 6.07 Å². The van der Waals surface area contributed by atoms with Crippen molar-refractivity contribution in [3.05, 3.63) is 28.0 Å². The van der Waals surface area contributed by atoms with E-state index in [1.165, 1.54) is 6.07 Å². The van der Waals surface area contributed by atoms with Gasteiger partial charge in [0, 0.05) is 0 Å². The van der Waals surface area contributed by atoms with Crippen molar-refractivity contribution in [2.45, 2.75) is 6.43 Å². The van der Waals surface area contributed by atoms with Crippen molar-refractivity contribution in [1.82, 2.24) is 4.98 Å². The van der Waals surface area contributed by atoms with Gasteiger partial charge in [0.25, 0.3) is 6.43 Å². The molecule has 0 aromatic carbocycles. The van der Waals surface area contributed by atoms with Crippen LogP contribution in [0.5, 0.6) is 0 Å². The van der Waals surface area contributed by atoms with Gasteiger partial charge in [0.1, 0.15) is 11.2 Å². The van der Waals surface area contributed by atoms with Gasteiger partial charge in [0.2, 0.25) is 0 Å². The summed E-state index contributed by atoms with van der Waals surface area (Å²) in [4.78, 5) is 13.7. The fraction of sp³-hybridized carbons (Fsp3) is 0.125. The van der Waals surface area contributed by atoms with Crippen LogP contribution < -0.4 is 0 Å². The summed E-state index contributed by atoms with van der Waals surface area (Å²) in [5.74, 6) is 0. The topological polar surface area (TPSA) is 53.8 Å². The Bertz CT molecular complexity index is 415. The minimum Gasteiger partial charge on any atom is -0.298 e. The van der Waals surface area contributed by atoms with E-state index in [1.54, 1.807) is 0 Å². The van der Waals surface area contributed by atoms with E-state index in [-0.39, 0.29) is 10.7 Å². The van der Waals surface area contributed by atoms with Crippen LogP contribution >= 0.6 is 11.6 Å². The quantitative estimate of drug-likeness (QED) is 0.563. The summed E-state index contributed by atoms with van der Waals surface area (Å²) in [7, 11) is 0. The van der Waals surface area contributed by atoms with E-state index in [1.807, 2.05) is 0 Å². The van der Waals surface area contributed by atoms with Crippen LogP contribution in [0.1, 0.15) is 28.0 Å². The molecule has 0 radical (unpaired) electrons. The number of hydrogen-bond donors (Lipinski definition) is 0. The normalized spacial score (nSPS) is 9.93. The molecule has 1 aromatic heterocycles. The van der Waals surface area contributed by atoms with Crippen molar-refractivity contribution in [2.24, 2.45) is 0 Å². The van der Waals surface area contributed by atoms with Crippen LogP contribution in [0, 0.1) is 11.3 Å². The lowest BCUT2D eigenvalue weighted by Crippen LogP contribution is -1.98. The van der Waals surface area contributed by atoms with Crippen molar-refractivity contribution in [2.75, 3.05) is 0 Å². The average Bonchev–Trinajstić information content (AvgIpc) is 2.16. The van der Waals surface area contributed by atoms with E-state index in [4.69, 9.17) is 16.9 Å². The largest absolute Gasteiger partial charge is 0.298 e. The van der Waals surface area contributed by atoms with E-state index >= 15 is 0 Å². The van der Waals surface area contributed by atoms with Crippen LogP contribution in [0.15, 0.2) is 6.07 Å². The summed E-state index contributed by atoms with van der Waals surface area (Å²) in [6.45, 7) is 0. The van der Waals surface area contributed by atoms with E-state index < -0.39 is 17.7 Å². The third-order valence-electron chi connectivity index (χ3n) is 1.50. The summed E-state index contributed by atoms with van der Waals surface area (Å²) in [6, 6.07) is 2.34. The van der Waals surface area contributed by atoms with Crippen LogP contribution in [0.25, 0.3) is 0 Å². The second-order valence-electron chi connectivity index (χ2n) is 2.34. The standard InChI is InChI=1S/C8H3ClF2N2O/c9-7-4(3-14)1-5(8(10)11)6(2-12)13-7/h1,3,8H. The second-order valence-corrected chi connectivity index (χ2v) is 2.69. The Kier molecular flexibility index (Phi) is 3.10. The summed E-state index contributed by atoms with van der Waals surface area (Å²) in [6.07, 6.45) is -2.55. The summed E-state index contributed by atoms with van der Waals surface area (Å²) in [5, 5.41) is 8.21. The van der Waals surface area contributed by atoms with Crippen LogP contribution in [-0.2, 0) is 0 Å². The van der Waals surface area contributed by atoms with E-state index in [2.05, 4.69) is 4.98 Å². The molecule has 1 heterocycles. The molecule has 0 bridgehead atoms. The van der Waals surface area contributed by atoms with Gasteiger partial charge in [0.05, 0.1) is 11.1 Å². The number of nitriles is 1. The van der Waals surface area contributed by atoms with Crippen LogP contribution in [0.2, 0.25) is 5.15 Å². The molecule has 1 rings (SSSR count). The van der Waals surface area contributed by atoms with Crippen LogP contribution in [-0.4, -0.2) is 11.3 Å². The van der Waals surface area contributed by atoms with Crippen LogP contribution in [0.3, 0.4) is 0 Å². The molecule has 6 heteroatoms. The van der Waals surface area contributed by atoms with Crippen molar-refractivity contribution < 1.29 is 13.6 Å². The van der Waals surface area contributed by atoms with Crippen molar-refractivity contribution in [3.63, 3.8) is 0 Å². The smallest absolute Gasteiger partial charge is 0.266 e. The Labute approximate surface area is 82.9 Å². The van der Waals surface area contributed by atoms with E-state index in [9.17, 15) is 13.6 Å². The molecule has 0 spiro atoms. The number of rotatable bonds is 2. The number of carbonyl (C=O) groups is 1. The van der Waals surface area contributed by atoms with Gasteiger partial charge in [-0.25, -0.2) is 13.8 Å². The molecule has 0 unspecified atom stereocenters. The Morgan fingerprint density at radius 2 is 2.29 bits per heavy atom. The SMILES string of the molecule is N#Cc1nc(Cl)c(C=O)cc1C(F)F. The molecule has 0 aliphatic rings. The number of halogens is 3. The lowest BCUT2D eigenvalue weighted by Gasteiger charge is -2.03. The zero-order valence-electron chi connectivity index (χ0n) is 6.67. The number of carbonyl (C=O) groups excluding carboxylic acids is 1. The third-order valence-corrected chi connectivity index (χ3v) is 1.80. The molecular weight excluding hydrogens is 214 g/mol. The Morgan fingerprint density at radius 3 is 2.71 bits per heavy atom. The summed E-state index contributed by atoms with van der Waals surface area (Å²) in [5.41, 5.74) is -1.20. The highest BCUT2D eigenvalue weighted by atomic mass is 35.5. The molecular formula is C8H3ClF2N2O. The predicted octanol–water partition coefficient (Wildman–Crippen LogP) is 2.36. The first-order valence-corrected chi connectivity index (χ1v) is 3.81. The van der Waals surface area contributed by atoms with E-state index in [0.717, 1.165) is 6.07 Å². The molecule has 0 fully saturated rings. The molecule has 0 atom stereocenters. The number of aldehydes is 1. The molecule has 0 aliphatic heterocycles. The summed E-state index contributed by atoms with van der Waals surface area (Å²) < 4.78 is 24.6. The zero-order valence-corrected chi connectivity index (χ0v) is 7.42. The molecule has 0 aliphatic carbocycles. The van der Waals surface area contributed by atoms with E-state index in [0.29, 0.717) is 6.29 Å². The maximum absolute atomic E-state index is 12.3. The molecule has 0 saturated carbocycles. The lowest BCUT2D eigenvalue weighted by atomic mass is 10.1. The fourth-order valence-electron chi connectivity index (χ4n) is 0.861. The molecule has 1 aromatic rings. The molecule has 3 nitrogen and oxygen atoms in total. The van der Waals surface area contributed by atoms with Gasteiger partial charge in [0.15, 0.2) is 12.0 Å². The Balaban J connectivity index is 3.41. The molecule has 0 N–H and O–H groups in total. The fourth-order valence-corrected chi connectivity index (χ4v) is 1.04. The Morgan fingerprint density at radius 1 is 1.64 bits per heavy atom. The van der Waals surface area contributed by atoms with Gasteiger partial charge >= 0.3 is 0 Å². The third kappa shape index (κ3) is 1.86. The monoisotopic (exact) mass is 216 g/mol. The van der Waals surface area contributed by atoms with Crippen LogP contribution in [0.4, 0.5) is 8.78 Å². The number of alkyl halides is 2. The Hall–Kier alpha value is -1.54. The maximum Gasteiger partial charge on any atom is 0.266 e. The molecule has 14 heavy (non-hydrogen) atoms. The highest BCUT2D eigenvalue weighted by Gasteiger charge is 2.17. The van der Waals surface area contributed by atoms with Gasteiger partial charge in [-0.05, 0) is 6.07 Å². The average molecular weight is 217 g/mol. The number of pyridine rings is 1. The van der Waals surface area contributed by atoms with Gasteiger partial charge < -0.3 is 0 Å². The highest BCUT2D eigenvalue weighted by molar-refractivity contribution is 6.31. The number of nitrogens with zero attached hydrogens (tertiary/aromatic N) is 2. The van der Waals surface area contributed by atoms with Gasteiger partial charge in [-0.1, -0.05) is 11.6 Å². The zero-order chi connectivity index (χ0) is 10.7. The van der Waals surface area contributed by atoms with Crippen molar-refractivity contribution >= 4 is 17.9 Å². The maximum atomic E-state index is 12.3. The molecule has 72 valence electrons. The number of hydrogen-bond acceptors (Lipinski definition) is 3. The minimum atomic E-state index is -2.85.